The van der Waals surface area contributed by atoms with E-state index >= 15 is 0 Å². The van der Waals surface area contributed by atoms with Crippen LogP contribution in [0.4, 0.5) is 0 Å². The molecule has 2 rings (SSSR count). The predicted molar refractivity (Wildman–Crippen MR) is 75.2 cm³/mol. The molecule has 1 aromatic carbocycles. The second-order valence-corrected chi connectivity index (χ2v) is 5.14. The number of hydrogen-bond acceptors (Lipinski definition) is 3. The molecule has 1 aliphatic rings. The smallest absolute Gasteiger partial charge is 0.127 e. The Kier molecular flexibility index (Phi) is 4.61. The number of nitrogens with zero attached hydrogens (tertiary/aromatic N) is 1. The van der Waals surface area contributed by atoms with Crippen molar-refractivity contribution >= 4 is 0 Å². The summed E-state index contributed by atoms with van der Waals surface area (Å²) in [7, 11) is 4.21. The third-order valence-corrected chi connectivity index (χ3v) is 3.49. The van der Waals surface area contributed by atoms with Gasteiger partial charge in [0.15, 0.2) is 0 Å². The van der Waals surface area contributed by atoms with Crippen molar-refractivity contribution in [2.75, 3.05) is 33.8 Å². The molecule has 1 heterocycles. The standard InChI is InChI=1S/C15H24N2O/c1-4-12-6-5-7-13-14(8-11-18-15(12)13)16-9-10-17(2)3/h5-7,14,16H,4,8-11H2,1-3H3. The Hall–Kier alpha value is -1.06. The molecule has 1 unspecified atom stereocenters. The zero-order valence-electron chi connectivity index (χ0n) is 11.7. The molecule has 0 saturated heterocycles. The first-order valence-electron chi connectivity index (χ1n) is 6.85. The van der Waals surface area contributed by atoms with Crippen LogP contribution in [-0.4, -0.2) is 38.7 Å². The van der Waals surface area contributed by atoms with Crippen LogP contribution in [-0.2, 0) is 6.42 Å². The van der Waals surface area contributed by atoms with Gasteiger partial charge >= 0.3 is 0 Å². The number of benzene rings is 1. The van der Waals surface area contributed by atoms with Crippen LogP contribution in [0.3, 0.4) is 0 Å². The van der Waals surface area contributed by atoms with E-state index in [9.17, 15) is 0 Å². The molecule has 0 aromatic heterocycles. The van der Waals surface area contributed by atoms with E-state index in [0.717, 1.165) is 38.3 Å². The van der Waals surface area contributed by atoms with Crippen LogP contribution < -0.4 is 10.1 Å². The molecule has 0 aliphatic carbocycles. The van der Waals surface area contributed by atoms with E-state index < -0.39 is 0 Å². The van der Waals surface area contributed by atoms with Crippen molar-refractivity contribution in [1.82, 2.24) is 10.2 Å². The Morgan fingerprint density at radius 2 is 2.22 bits per heavy atom. The molecule has 0 radical (unpaired) electrons. The maximum atomic E-state index is 5.85. The highest BCUT2D eigenvalue weighted by Crippen LogP contribution is 2.34. The molecule has 18 heavy (non-hydrogen) atoms. The van der Waals surface area contributed by atoms with Crippen molar-refractivity contribution in [2.24, 2.45) is 0 Å². The average Bonchev–Trinajstić information content (AvgIpc) is 2.38. The van der Waals surface area contributed by atoms with Gasteiger partial charge in [0.1, 0.15) is 5.75 Å². The van der Waals surface area contributed by atoms with Crippen molar-refractivity contribution in [3.63, 3.8) is 0 Å². The lowest BCUT2D eigenvalue weighted by molar-refractivity contribution is 0.247. The fourth-order valence-corrected chi connectivity index (χ4v) is 2.44. The van der Waals surface area contributed by atoms with E-state index in [1.54, 1.807) is 0 Å². The summed E-state index contributed by atoms with van der Waals surface area (Å²) in [6.45, 7) is 5.10. The molecule has 0 bridgehead atoms. The monoisotopic (exact) mass is 248 g/mol. The van der Waals surface area contributed by atoms with E-state index in [2.05, 4.69) is 49.4 Å². The largest absolute Gasteiger partial charge is 0.493 e. The zero-order valence-corrected chi connectivity index (χ0v) is 11.7. The second kappa shape index (κ2) is 6.21. The quantitative estimate of drug-likeness (QED) is 0.865. The summed E-state index contributed by atoms with van der Waals surface area (Å²) in [6.07, 6.45) is 2.10. The predicted octanol–water partition coefficient (Wildman–Crippen LogP) is 2.22. The van der Waals surface area contributed by atoms with Gasteiger partial charge in [-0.3, -0.25) is 0 Å². The van der Waals surface area contributed by atoms with Crippen LogP contribution in [0.5, 0.6) is 5.75 Å². The normalized spacial score (nSPS) is 18.6. The van der Waals surface area contributed by atoms with Crippen LogP contribution in [0.2, 0.25) is 0 Å². The molecule has 0 spiro atoms. The fraction of sp³-hybridized carbons (Fsp3) is 0.600. The van der Waals surface area contributed by atoms with E-state index in [1.165, 1.54) is 11.1 Å². The van der Waals surface area contributed by atoms with Gasteiger partial charge in [0, 0.05) is 31.1 Å². The van der Waals surface area contributed by atoms with Crippen molar-refractivity contribution in [2.45, 2.75) is 25.8 Å². The Morgan fingerprint density at radius 1 is 1.39 bits per heavy atom. The summed E-state index contributed by atoms with van der Waals surface area (Å²) in [5, 5.41) is 3.64. The molecule has 3 heteroatoms. The molecule has 1 N–H and O–H groups in total. The molecule has 0 saturated carbocycles. The van der Waals surface area contributed by atoms with E-state index in [4.69, 9.17) is 4.74 Å². The van der Waals surface area contributed by atoms with Crippen molar-refractivity contribution in [1.29, 1.82) is 0 Å². The lowest BCUT2D eigenvalue weighted by Crippen LogP contribution is -2.32. The topological polar surface area (TPSA) is 24.5 Å². The van der Waals surface area contributed by atoms with Gasteiger partial charge < -0.3 is 15.0 Å². The van der Waals surface area contributed by atoms with Gasteiger partial charge in [-0.15, -0.1) is 0 Å². The molecule has 1 aromatic rings. The minimum absolute atomic E-state index is 0.445. The third-order valence-electron chi connectivity index (χ3n) is 3.49. The fourth-order valence-electron chi connectivity index (χ4n) is 2.44. The van der Waals surface area contributed by atoms with Gasteiger partial charge in [-0.05, 0) is 26.1 Å². The molecular weight excluding hydrogens is 224 g/mol. The Morgan fingerprint density at radius 3 is 2.94 bits per heavy atom. The number of fused-ring (bicyclic) bond motifs is 1. The van der Waals surface area contributed by atoms with Gasteiger partial charge in [0.25, 0.3) is 0 Å². The third kappa shape index (κ3) is 3.03. The van der Waals surface area contributed by atoms with Gasteiger partial charge in [-0.25, -0.2) is 0 Å². The van der Waals surface area contributed by atoms with Crippen LogP contribution >= 0.6 is 0 Å². The lowest BCUT2D eigenvalue weighted by atomic mass is 9.96. The molecule has 0 fully saturated rings. The van der Waals surface area contributed by atoms with Gasteiger partial charge in [-0.1, -0.05) is 25.1 Å². The maximum Gasteiger partial charge on any atom is 0.127 e. The summed E-state index contributed by atoms with van der Waals surface area (Å²) >= 11 is 0. The lowest BCUT2D eigenvalue weighted by Gasteiger charge is -2.28. The Labute approximate surface area is 110 Å². The first kappa shape index (κ1) is 13.4. The van der Waals surface area contributed by atoms with Crippen molar-refractivity contribution < 1.29 is 4.74 Å². The van der Waals surface area contributed by atoms with Gasteiger partial charge in [0.2, 0.25) is 0 Å². The van der Waals surface area contributed by atoms with Crippen LogP contribution in [0.25, 0.3) is 0 Å². The van der Waals surface area contributed by atoms with Crippen LogP contribution in [0.1, 0.15) is 30.5 Å². The van der Waals surface area contributed by atoms with Crippen LogP contribution in [0, 0.1) is 0 Å². The van der Waals surface area contributed by atoms with Gasteiger partial charge in [0.05, 0.1) is 6.61 Å². The molecule has 1 aliphatic heterocycles. The number of likely N-dealkylation sites (N-methyl/N-ethyl adjacent to an activating group) is 1. The van der Waals surface area contributed by atoms with Crippen molar-refractivity contribution in [3.8, 4) is 5.75 Å². The summed E-state index contributed by atoms with van der Waals surface area (Å²) in [4.78, 5) is 2.20. The summed E-state index contributed by atoms with van der Waals surface area (Å²) in [5.74, 6) is 1.12. The first-order valence-corrected chi connectivity index (χ1v) is 6.85. The van der Waals surface area contributed by atoms with Crippen LogP contribution in [0.15, 0.2) is 18.2 Å². The number of nitrogens with one attached hydrogen (secondary N) is 1. The number of rotatable bonds is 5. The minimum Gasteiger partial charge on any atom is -0.493 e. The van der Waals surface area contributed by atoms with E-state index in [0.29, 0.717) is 6.04 Å². The number of hydrogen-bond donors (Lipinski definition) is 1. The second-order valence-electron chi connectivity index (χ2n) is 5.14. The molecule has 1 atom stereocenters. The summed E-state index contributed by atoms with van der Waals surface area (Å²) in [6, 6.07) is 6.95. The Bertz CT molecular complexity index is 390. The summed E-state index contributed by atoms with van der Waals surface area (Å²) < 4.78 is 5.85. The van der Waals surface area contributed by atoms with Gasteiger partial charge in [-0.2, -0.15) is 0 Å². The summed E-state index contributed by atoms with van der Waals surface area (Å²) in [5.41, 5.74) is 2.66. The molecule has 3 nitrogen and oxygen atoms in total. The Balaban J connectivity index is 2.08. The highest BCUT2D eigenvalue weighted by atomic mass is 16.5. The maximum absolute atomic E-state index is 5.85. The highest BCUT2D eigenvalue weighted by Gasteiger charge is 2.22. The number of aryl methyl sites for hydroxylation is 1. The molecular formula is C15H24N2O. The molecule has 0 amide bonds. The molecule has 100 valence electrons. The highest BCUT2D eigenvalue weighted by molar-refractivity contribution is 5.44. The van der Waals surface area contributed by atoms with E-state index in [1.807, 2.05) is 0 Å². The average molecular weight is 248 g/mol. The first-order chi connectivity index (χ1) is 8.72. The number of ether oxygens (including phenoxy) is 1. The van der Waals surface area contributed by atoms with E-state index in [-0.39, 0.29) is 0 Å². The minimum atomic E-state index is 0.445. The SMILES string of the molecule is CCc1cccc2c1OCCC2NCCN(C)C. The zero-order chi connectivity index (χ0) is 13.0. The number of para-hydroxylation sites is 1. The van der Waals surface area contributed by atoms with Crippen molar-refractivity contribution in [3.05, 3.63) is 29.3 Å².